The SMILES string of the molecule is CC(c1ccc(Cl)cc1)N1CCN(C(=O)[C@H]2CCN[C@@H](C)C2)CC1.Cl. The van der Waals surface area contributed by atoms with Crippen LogP contribution < -0.4 is 5.32 Å². The molecule has 0 saturated carbocycles. The number of piperazine rings is 1. The second-order valence-corrected chi connectivity index (χ2v) is 7.60. The van der Waals surface area contributed by atoms with E-state index in [1.807, 2.05) is 12.1 Å². The quantitative estimate of drug-likeness (QED) is 0.866. The first kappa shape index (κ1) is 20.5. The second-order valence-electron chi connectivity index (χ2n) is 7.17. The maximum Gasteiger partial charge on any atom is 0.225 e. The summed E-state index contributed by atoms with van der Waals surface area (Å²) in [6.45, 7) is 8.93. The highest BCUT2D eigenvalue weighted by Crippen LogP contribution is 2.25. The lowest BCUT2D eigenvalue weighted by molar-refractivity contribution is -0.138. The van der Waals surface area contributed by atoms with Crippen molar-refractivity contribution < 1.29 is 4.79 Å². The van der Waals surface area contributed by atoms with Gasteiger partial charge in [-0.3, -0.25) is 9.69 Å². The molecule has 2 heterocycles. The summed E-state index contributed by atoms with van der Waals surface area (Å²) in [5.41, 5.74) is 1.28. The molecule has 3 rings (SSSR count). The standard InChI is InChI=1S/C19H28ClN3O.ClH/c1-14-13-17(7-8-21-14)19(24)23-11-9-22(10-12-23)15(2)16-3-5-18(20)6-4-16;/h3-6,14-15,17,21H,7-13H2,1-2H3;1H/t14-,15?,17-;/m0./s1. The fourth-order valence-electron chi connectivity index (χ4n) is 3.90. The van der Waals surface area contributed by atoms with Crippen LogP contribution in [0.15, 0.2) is 24.3 Å². The number of halogens is 2. The zero-order valence-corrected chi connectivity index (χ0v) is 16.7. The molecular formula is C19H29Cl2N3O. The number of rotatable bonds is 3. The minimum Gasteiger partial charge on any atom is -0.340 e. The van der Waals surface area contributed by atoms with Crippen LogP contribution in [0.25, 0.3) is 0 Å². The molecule has 6 heteroatoms. The molecule has 0 radical (unpaired) electrons. The van der Waals surface area contributed by atoms with E-state index in [-0.39, 0.29) is 18.3 Å². The lowest BCUT2D eigenvalue weighted by atomic mass is 9.91. The molecule has 4 nitrogen and oxygen atoms in total. The number of nitrogens with zero attached hydrogens (tertiary/aromatic N) is 2. The molecule has 0 aromatic heterocycles. The minimum absolute atomic E-state index is 0. The van der Waals surface area contributed by atoms with Gasteiger partial charge in [0.1, 0.15) is 0 Å². The fourth-order valence-corrected chi connectivity index (χ4v) is 4.02. The highest BCUT2D eigenvalue weighted by atomic mass is 35.5. The highest BCUT2D eigenvalue weighted by molar-refractivity contribution is 6.30. The van der Waals surface area contributed by atoms with Gasteiger partial charge in [-0.25, -0.2) is 0 Å². The molecule has 0 aliphatic carbocycles. The molecule has 2 aliphatic rings. The Morgan fingerprint density at radius 3 is 2.44 bits per heavy atom. The minimum atomic E-state index is 0. The van der Waals surface area contributed by atoms with E-state index in [9.17, 15) is 4.79 Å². The van der Waals surface area contributed by atoms with Crippen molar-refractivity contribution in [2.45, 2.75) is 38.8 Å². The third-order valence-corrected chi connectivity index (χ3v) is 5.75. The molecule has 25 heavy (non-hydrogen) atoms. The van der Waals surface area contributed by atoms with Crippen LogP contribution in [0.2, 0.25) is 5.02 Å². The van der Waals surface area contributed by atoms with Gasteiger partial charge in [0.05, 0.1) is 0 Å². The summed E-state index contributed by atoms with van der Waals surface area (Å²) < 4.78 is 0. The first-order chi connectivity index (χ1) is 11.5. The second kappa shape index (κ2) is 9.22. The largest absolute Gasteiger partial charge is 0.340 e. The van der Waals surface area contributed by atoms with Crippen LogP contribution in [-0.2, 0) is 4.79 Å². The van der Waals surface area contributed by atoms with E-state index in [1.54, 1.807) is 0 Å². The average molecular weight is 386 g/mol. The Labute approximate surface area is 162 Å². The van der Waals surface area contributed by atoms with Crippen LogP contribution in [0.3, 0.4) is 0 Å². The number of benzene rings is 1. The number of amides is 1. The van der Waals surface area contributed by atoms with Crippen molar-refractivity contribution in [3.63, 3.8) is 0 Å². The number of nitrogens with one attached hydrogen (secondary N) is 1. The first-order valence-electron chi connectivity index (χ1n) is 9.06. The zero-order valence-electron chi connectivity index (χ0n) is 15.1. The van der Waals surface area contributed by atoms with Crippen molar-refractivity contribution in [3.05, 3.63) is 34.9 Å². The Morgan fingerprint density at radius 2 is 1.84 bits per heavy atom. The first-order valence-corrected chi connectivity index (χ1v) is 9.44. The molecule has 1 N–H and O–H groups in total. The Balaban J connectivity index is 0.00000225. The Hall–Kier alpha value is -0.810. The molecule has 3 atom stereocenters. The molecule has 1 aromatic carbocycles. The van der Waals surface area contributed by atoms with Crippen molar-refractivity contribution >= 4 is 29.9 Å². The zero-order chi connectivity index (χ0) is 17.1. The van der Waals surface area contributed by atoms with Crippen LogP contribution >= 0.6 is 24.0 Å². The molecule has 2 aliphatic heterocycles. The van der Waals surface area contributed by atoms with Gasteiger partial charge in [0.25, 0.3) is 0 Å². The van der Waals surface area contributed by atoms with Gasteiger partial charge < -0.3 is 10.2 Å². The molecule has 0 spiro atoms. The van der Waals surface area contributed by atoms with Crippen LogP contribution in [0.4, 0.5) is 0 Å². The topological polar surface area (TPSA) is 35.6 Å². The summed E-state index contributed by atoms with van der Waals surface area (Å²) in [4.78, 5) is 17.3. The van der Waals surface area contributed by atoms with E-state index in [1.165, 1.54) is 5.56 Å². The van der Waals surface area contributed by atoms with E-state index in [0.29, 0.717) is 18.0 Å². The van der Waals surface area contributed by atoms with Crippen molar-refractivity contribution in [3.8, 4) is 0 Å². The summed E-state index contributed by atoms with van der Waals surface area (Å²) in [5.74, 6) is 0.573. The van der Waals surface area contributed by atoms with Gasteiger partial charge in [-0.05, 0) is 50.9 Å². The Kier molecular flexibility index (Phi) is 7.56. The monoisotopic (exact) mass is 385 g/mol. The molecule has 1 aromatic rings. The third kappa shape index (κ3) is 5.10. The number of piperidine rings is 1. The lowest BCUT2D eigenvalue weighted by Crippen LogP contribution is -2.52. The average Bonchev–Trinajstić information content (AvgIpc) is 2.61. The van der Waals surface area contributed by atoms with E-state index in [4.69, 9.17) is 11.6 Å². The van der Waals surface area contributed by atoms with Crippen LogP contribution in [-0.4, -0.2) is 54.5 Å². The van der Waals surface area contributed by atoms with Crippen LogP contribution in [0.5, 0.6) is 0 Å². The van der Waals surface area contributed by atoms with Gasteiger partial charge >= 0.3 is 0 Å². The van der Waals surface area contributed by atoms with E-state index in [0.717, 1.165) is 50.6 Å². The molecule has 0 bridgehead atoms. The smallest absolute Gasteiger partial charge is 0.225 e. The number of hydrogen-bond donors (Lipinski definition) is 1. The van der Waals surface area contributed by atoms with Gasteiger partial charge in [-0.1, -0.05) is 23.7 Å². The molecule has 1 amide bonds. The summed E-state index contributed by atoms with van der Waals surface area (Å²) in [6.07, 6.45) is 1.95. The Morgan fingerprint density at radius 1 is 1.20 bits per heavy atom. The summed E-state index contributed by atoms with van der Waals surface area (Å²) in [5, 5.41) is 4.20. The van der Waals surface area contributed by atoms with Crippen molar-refractivity contribution in [2.75, 3.05) is 32.7 Å². The van der Waals surface area contributed by atoms with Crippen molar-refractivity contribution in [1.82, 2.24) is 15.1 Å². The number of hydrogen-bond acceptors (Lipinski definition) is 3. The maximum absolute atomic E-state index is 12.7. The van der Waals surface area contributed by atoms with Gasteiger partial charge in [0.15, 0.2) is 0 Å². The van der Waals surface area contributed by atoms with Gasteiger partial charge in [0, 0.05) is 49.2 Å². The number of carbonyl (C=O) groups excluding carboxylic acids is 1. The Bertz CT molecular complexity index is 558. The van der Waals surface area contributed by atoms with Crippen LogP contribution in [0.1, 0.15) is 38.3 Å². The number of carbonyl (C=O) groups is 1. The van der Waals surface area contributed by atoms with Gasteiger partial charge in [0.2, 0.25) is 5.91 Å². The van der Waals surface area contributed by atoms with E-state index in [2.05, 4.69) is 41.1 Å². The van der Waals surface area contributed by atoms with E-state index < -0.39 is 0 Å². The van der Waals surface area contributed by atoms with Crippen molar-refractivity contribution in [2.24, 2.45) is 5.92 Å². The molecular weight excluding hydrogens is 357 g/mol. The summed E-state index contributed by atoms with van der Waals surface area (Å²) in [6, 6.07) is 8.91. The lowest BCUT2D eigenvalue weighted by Gasteiger charge is -2.40. The highest BCUT2D eigenvalue weighted by Gasteiger charge is 2.31. The maximum atomic E-state index is 12.7. The summed E-state index contributed by atoms with van der Waals surface area (Å²) >= 11 is 5.98. The predicted octanol–water partition coefficient (Wildman–Crippen LogP) is 3.36. The van der Waals surface area contributed by atoms with Crippen LogP contribution in [0, 0.1) is 5.92 Å². The van der Waals surface area contributed by atoms with Crippen molar-refractivity contribution in [1.29, 1.82) is 0 Å². The molecule has 140 valence electrons. The third-order valence-electron chi connectivity index (χ3n) is 5.50. The summed E-state index contributed by atoms with van der Waals surface area (Å²) in [7, 11) is 0. The fraction of sp³-hybridized carbons (Fsp3) is 0.632. The normalized spacial score (nSPS) is 26.0. The van der Waals surface area contributed by atoms with E-state index >= 15 is 0 Å². The van der Waals surface area contributed by atoms with Gasteiger partial charge in [-0.15, -0.1) is 12.4 Å². The molecule has 2 saturated heterocycles. The van der Waals surface area contributed by atoms with Gasteiger partial charge in [-0.2, -0.15) is 0 Å². The molecule has 1 unspecified atom stereocenters. The molecule has 2 fully saturated rings. The predicted molar refractivity (Wildman–Crippen MR) is 105 cm³/mol.